The van der Waals surface area contributed by atoms with Crippen LogP contribution in [0.25, 0.3) is 0 Å². The zero-order chi connectivity index (χ0) is 17.7. The summed E-state index contributed by atoms with van der Waals surface area (Å²) in [5.41, 5.74) is -4.89. The summed E-state index contributed by atoms with van der Waals surface area (Å²) >= 11 is 0. The van der Waals surface area contributed by atoms with Crippen LogP contribution in [-0.4, -0.2) is 29.4 Å². The van der Waals surface area contributed by atoms with Crippen LogP contribution < -0.4 is 0 Å². The van der Waals surface area contributed by atoms with Gasteiger partial charge < -0.3 is 0 Å². The molecule has 0 atom stereocenters. The fourth-order valence-electron chi connectivity index (χ4n) is 2.58. The molecule has 2 rings (SSSR count). The van der Waals surface area contributed by atoms with E-state index in [9.17, 15) is 39.5 Å². The van der Waals surface area contributed by atoms with Crippen molar-refractivity contribution in [3.05, 3.63) is 35.9 Å². The van der Waals surface area contributed by atoms with E-state index in [0.29, 0.717) is 5.56 Å². The Labute approximate surface area is 125 Å². The molecule has 0 bridgehead atoms. The Balaban J connectivity index is 2.28. The molecule has 1 aromatic rings. The van der Waals surface area contributed by atoms with Crippen molar-refractivity contribution in [1.29, 1.82) is 0 Å². The van der Waals surface area contributed by atoms with Crippen LogP contribution >= 0.6 is 0 Å². The maximum absolute atomic E-state index is 14.1. The fourth-order valence-corrected chi connectivity index (χ4v) is 2.58. The van der Waals surface area contributed by atoms with E-state index < -0.39 is 42.2 Å². The lowest BCUT2D eigenvalue weighted by atomic mass is 9.90. The van der Waals surface area contributed by atoms with Crippen molar-refractivity contribution in [2.75, 3.05) is 0 Å². The molecule has 0 nitrogen and oxygen atoms in total. The highest BCUT2D eigenvalue weighted by Crippen LogP contribution is 2.70. The van der Waals surface area contributed by atoms with Crippen molar-refractivity contribution in [2.45, 2.75) is 48.6 Å². The van der Waals surface area contributed by atoms with Crippen LogP contribution in [0.3, 0.4) is 0 Å². The van der Waals surface area contributed by atoms with Crippen LogP contribution in [0.1, 0.15) is 18.4 Å². The van der Waals surface area contributed by atoms with Gasteiger partial charge in [-0.25, -0.2) is 4.39 Å². The standard InChI is InChI=1S/C14H11F9/c15-10(8-4-7-9-5-2-1-3-6-9)11(16,17)13(20,21)14(22,23)12(10,18)19/h1-3,5-6H,4,7-8H2. The molecular formula is C14H11F9. The highest BCUT2D eigenvalue weighted by Gasteiger charge is 2.99. The Morgan fingerprint density at radius 1 is 0.609 bits per heavy atom. The molecule has 1 saturated carbocycles. The smallest absolute Gasteiger partial charge is 0.230 e. The molecule has 0 spiro atoms. The van der Waals surface area contributed by atoms with E-state index >= 15 is 0 Å². The van der Waals surface area contributed by atoms with E-state index in [4.69, 9.17) is 0 Å². The first-order valence-electron chi connectivity index (χ1n) is 6.57. The lowest BCUT2D eigenvalue weighted by Gasteiger charge is -2.30. The second-order valence-electron chi connectivity index (χ2n) is 5.44. The number of aryl methyl sites for hydroxylation is 1. The van der Waals surface area contributed by atoms with Crippen LogP contribution in [0.4, 0.5) is 39.5 Å². The van der Waals surface area contributed by atoms with Gasteiger partial charge in [0.1, 0.15) is 0 Å². The van der Waals surface area contributed by atoms with E-state index in [1.807, 2.05) is 0 Å². The second kappa shape index (κ2) is 5.04. The lowest BCUT2D eigenvalue weighted by molar-refractivity contribution is -0.303. The van der Waals surface area contributed by atoms with E-state index in [1.165, 1.54) is 24.3 Å². The molecule has 1 aliphatic rings. The van der Waals surface area contributed by atoms with Gasteiger partial charge in [-0.1, -0.05) is 30.3 Å². The lowest BCUT2D eigenvalue weighted by Crippen LogP contribution is -2.54. The molecule has 0 N–H and O–H groups in total. The van der Waals surface area contributed by atoms with E-state index in [0.717, 1.165) is 0 Å². The third-order valence-electron chi connectivity index (χ3n) is 4.01. The summed E-state index contributed by atoms with van der Waals surface area (Å²) in [4.78, 5) is 0. The Bertz CT molecular complexity index is 539. The Hall–Kier alpha value is -1.41. The summed E-state index contributed by atoms with van der Waals surface area (Å²) in [6.45, 7) is 0. The SMILES string of the molecule is FC1(F)C(F)(F)C(F)(F)C(F)(CCCc2ccccc2)C1(F)F. The highest BCUT2D eigenvalue weighted by molar-refractivity contribution is 5.27. The highest BCUT2D eigenvalue weighted by atomic mass is 19.4. The number of halogens is 9. The second-order valence-corrected chi connectivity index (χ2v) is 5.44. The number of rotatable bonds is 4. The van der Waals surface area contributed by atoms with Crippen LogP contribution in [0.5, 0.6) is 0 Å². The zero-order valence-electron chi connectivity index (χ0n) is 11.4. The minimum absolute atomic E-state index is 0.199. The summed E-state index contributed by atoms with van der Waals surface area (Å²) in [5, 5.41) is 0. The number of benzene rings is 1. The molecule has 130 valence electrons. The first-order chi connectivity index (χ1) is 10.3. The Morgan fingerprint density at radius 3 is 1.48 bits per heavy atom. The first-order valence-corrected chi connectivity index (χ1v) is 6.57. The van der Waals surface area contributed by atoms with Gasteiger partial charge in [-0.3, -0.25) is 0 Å². The summed E-state index contributed by atoms with van der Waals surface area (Å²) in [5.74, 6) is -25.3. The van der Waals surface area contributed by atoms with Gasteiger partial charge in [-0.2, -0.15) is 35.1 Å². The van der Waals surface area contributed by atoms with Crippen molar-refractivity contribution in [2.24, 2.45) is 0 Å². The van der Waals surface area contributed by atoms with Gasteiger partial charge in [-0.15, -0.1) is 0 Å². The molecule has 0 unspecified atom stereocenters. The molecule has 0 aromatic heterocycles. The van der Waals surface area contributed by atoms with Gasteiger partial charge >= 0.3 is 23.7 Å². The largest absolute Gasteiger partial charge is 0.381 e. The Morgan fingerprint density at radius 2 is 1.04 bits per heavy atom. The van der Waals surface area contributed by atoms with E-state index in [-0.39, 0.29) is 6.42 Å². The predicted molar refractivity (Wildman–Crippen MR) is 63.0 cm³/mol. The maximum Gasteiger partial charge on any atom is 0.381 e. The van der Waals surface area contributed by atoms with Crippen molar-refractivity contribution in [3.8, 4) is 0 Å². The van der Waals surface area contributed by atoms with Crippen LogP contribution in [-0.2, 0) is 6.42 Å². The minimum Gasteiger partial charge on any atom is -0.230 e. The van der Waals surface area contributed by atoms with Crippen molar-refractivity contribution in [3.63, 3.8) is 0 Å². The Kier molecular flexibility index (Phi) is 3.93. The van der Waals surface area contributed by atoms with Gasteiger partial charge in [0, 0.05) is 0 Å². The van der Waals surface area contributed by atoms with Gasteiger partial charge in [-0.05, 0) is 24.8 Å². The normalized spacial score (nSPS) is 26.1. The van der Waals surface area contributed by atoms with E-state index in [2.05, 4.69) is 0 Å². The van der Waals surface area contributed by atoms with Crippen molar-refractivity contribution < 1.29 is 39.5 Å². The van der Waals surface area contributed by atoms with E-state index in [1.54, 1.807) is 6.07 Å². The summed E-state index contributed by atoms with van der Waals surface area (Å²) in [6, 6.07) is 7.60. The molecule has 0 aliphatic heterocycles. The molecule has 1 aromatic carbocycles. The molecule has 0 radical (unpaired) electrons. The average molecular weight is 350 g/mol. The van der Waals surface area contributed by atoms with Crippen molar-refractivity contribution in [1.82, 2.24) is 0 Å². The topological polar surface area (TPSA) is 0 Å². The average Bonchev–Trinajstić information content (AvgIpc) is 2.51. The minimum atomic E-state index is -6.48. The number of hydrogen-bond acceptors (Lipinski definition) is 0. The van der Waals surface area contributed by atoms with Gasteiger partial charge in [0.15, 0.2) is 0 Å². The molecule has 9 heteroatoms. The van der Waals surface area contributed by atoms with Gasteiger partial charge in [0.05, 0.1) is 0 Å². The first kappa shape index (κ1) is 17.9. The predicted octanol–water partition coefficient (Wildman–Crippen LogP) is 5.27. The molecule has 1 aliphatic carbocycles. The summed E-state index contributed by atoms with van der Waals surface area (Å²) in [7, 11) is 0. The van der Waals surface area contributed by atoms with Crippen LogP contribution in [0, 0.1) is 0 Å². The van der Waals surface area contributed by atoms with Gasteiger partial charge in [0.2, 0.25) is 5.67 Å². The molecule has 0 saturated heterocycles. The third-order valence-corrected chi connectivity index (χ3v) is 4.01. The monoisotopic (exact) mass is 350 g/mol. The maximum atomic E-state index is 14.1. The molecule has 23 heavy (non-hydrogen) atoms. The number of alkyl halides is 9. The number of hydrogen-bond donors (Lipinski definition) is 0. The molecule has 0 heterocycles. The van der Waals surface area contributed by atoms with Crippen LogP contribution in [0.2, 0.25) is 0 Å². The van der Waals surface area contributed by atoms with Gasteiger partial charge in [0.25, 0.3) is 0 Å². The molecule has 0 amide bonds. The quantitative estimate of drug-likeness (QED) is 0.649. The fraction of sp³-hybridized carbons (Fsp3) is 0.571. The summed E-state index contributed by atoms with van der Waals surface area (Å²) in [6.07, 6.45) is -2.75. The van der Waals surface area contributed by atoms with Crippen LogP contribution in [0.15, 0.2) is 30.3 Å². The zero-order valence-corrected chi connectivity index (χ0v) is 11.4. The molecule has 1 fully saturated rings. The molecular weight excluding hydrogens is 339 g/mol. The summed E-state index contributed by atoms with van der Waals surface area (Å²) < 4.78 is 120. The third kappa shape index (κ3) is 2.07. The van der Waals surface area contributed by atoms with Crippen molar-refractivity contribution >= 4 is 0 Å².